The molecule has 2 N–H and O–H groups in total. The molecule has 2 aliphatic rings. The number of non-ortho nitro benzene ring substituents is 4. The highest BCUT2D eigenvalue weighted by Crippen LogP contribution is 2.55. The van der Waals surface area contributed by atoms with Gasteiger partial charge in [-0.25, -0.2) is 0 Å². The van der Waals surface area contributed by atoms with Crippen molar-refractivity contribution < 1.29 is 69.5 Å². The molecule has 1 atom stereocenters. The number of carbonyl (C=O) groups excluding carboxylic acids is 2. The molecule has 4 aromatic rings. The van der Waals surface area contributed by atoms with Gasteiger partial charge >= 0.3 is 11.9 Å². The van der Waals surface area contributed by atoms with Gasteiger partial charge in [-0.3, -0.25) is 90.5 Å². The SMILES string of the molecule is COC(=O)CCONC1c2cc([N+](=O)[O-])cc([N+](=O)[O-])c2-c2c1cc([N+](=O)[O-])cc2[N+](=O)[O-].COC(=O)CCONC1c2cc([N+](=O)[O-])cc([N+](=O)[O-])c2-c2c1cc([N+](=O)[O-])cc2[N+](=O)[O-].[3H]CP. The molecule has 0 aromatic heterocycles. The van der Waals surface area contributed by atoms with E-state index in [1.165, 1.54) is 0 Å². The van der Waals surface area contributed by atoms with E-state index in [0.29, 0.717) is 30.9 Å². The van der Waals surface area contributed by atoms with Gasteiger partial charge in [-0.2, -0.15) is 11.0 Å². The summed E-state index contributed by atoms with van der Waals surface area (Å²) in [6.07, 6.45) is -0.416. The summed E-state index contributed by atoms with van der Waals surface area (Å²) in [7, 11) is 4.54. The summed E-state index contributed by atoms with van der Waals surface area (Å²) in [5.41, 5.74) is -2.76. The van der Waals surface area contributed by atoms with E-state index in [1.54, 1.807) is 0 Å². The highest BCUT2D eigenvalue weighted by atomic mass is 31.0. The Bertz CT molecular complexity index is 2480. The van der Waals surface area contributed by atoms with Crippen LogP contribution in [0.15, 0.2) is 48.5 Å². The van der Waals surface area contributed by atoms with Gasteiger partial charge in [0.25, 0.3) is 45.5 Å². The lowest BCUT2D eigenvalue weighted by Gasteiger charge is -2.15. The smallest absolute Gasteiger partial charge is 0.307 e. The second kappa shape index (κ2) is 22.0. The predicted molar refractivity (Wildman–Crippen MR) is 228 cm³/mol. The average molecular weight is 977 g/mol. The molecule has 1 unspecified atom stereocenters. The zero-order valence-electron chi connectivity index (χ0n) is 35.4. The standard InChI is InChI=1S/2C17H13N5O11.CH5P/c2*1-32-14(23)2-3-33-18-17-10-4-8(19(24)25)6-12(21(28)29)15(10)16-11(17)5-9(20(26)27)7-13(16)22(30)31;1-2/h2*4-7,17-18H,2-3H2,1H3;2H2,1H3/i;;1T. The van der Waals surface area contributed by atoms with E-state index in [4.69, 9.17) is 11.0 Å². The minimum absolute atomic E-state index is 0.132. The lowest BCUT2D eigenvalue weighted by Crippen LogP contribution is -2.23. The molecule has 0 heterocycles. The molecule has 0 aliphatic heterocycles. The quantitative estimate of drug-likeness (QED) is 0.0412. The van der Waals surface area contributed by atoms with Crippen molar-refractivity contribution in [3.8, 4) is 22.3 Å². The molecule has 32 nitrogen and oxygen atoms in total. The molecule has 358 valence electrons. The van der Waals surface area contributed by atoms with Crippen molar-refractivity contribution in [1.29, 1.82) is 0 Å². The predicted octanol–water partition coefficient (Wildman–Crippen LogP) is 5.44. The molecule has 68 heavy (non-hydrogen) atoms. The van der Waals surface area contributed by atoms with Crippen molar-refractivity contribution in [2.24, 2.45) is 0 Å². The fourth-order valence-electron chi connectivity index (χ4n) is 6.88. The van der Waals surface area contributed by atoms with Crippen LogP contribution in [0, 0.1) is 80.9 Å². The molecule has 0 bridgehead atoms. The summed E-state index contributed by atoms with van der Waals surface area (Å²) < 4.78 is 15.1. The number of nitro benzene ring substituents is 8. The van der Waals surface area contributed by atoms with Crippen LogP contribution in [-0.2, 0) is 28.7 Å². The van der Waals surface area contributed by atoms with Crippen LogP contribution in [-0.4, -0.2) is 85.4 Å². The Morgan fingerprint density at radius 2 is 0.706 bits per heavy atom. The number of esters is 2. The third-order valence-corrected chi connectivity index (χ3v) is 9.58. The van der Waals surface area contributed by atoms with Gasteiger partial charge in [0.05, 0.1) is 138 Å². The lowest BCUT2D eigenvalue weighted by atomic mass is 10.0. The van der Waals surface area contributed by atoms with Gasteiger partial charge in [-0.15, -0.1) is 9.24 Å². The van der Waals surface area contributed by atoms with Crippen molar-refractivity contribution in [3.05, 3.63) is 152 Å². The minimum Gasteiger partial charge on any atom is -0.469 e. The molecular weight excluding hydrogens is 943 g/mol. The third-order valence-electron chi connectivity index (χ3n) is 9.58. The Morgan fingerprint density at radius 3 is 0.882 bits per heavy atom. The maximum Gasteiger partial charge on any atom is 0.307 e. The Kier molecular flexibility index (Phi) is 16.3. The number of nitrogens with one attached hydrogen (secondary N) is 2. The van der Waals surface area contributed by atoms with E-state index in [9.17, 15) is 90.5 Å². The van der Waals surface area contributed by atoms with Crippen LogP contribution in [0.25, 0.3) is 22.3 Å². The first-order chi connectivity index (χ1) is 32.5. The van der Waals surface area contributed by atoms with E-state index < -0.39 is 109 Å². The summed E-state index contributed by atoms with van der Waals surface area (Å²) >= 11 is 0. The van der Waals surface area contributed by atoms with E-state index in [-0.39, 0.29) is 70.6 Å². The number of carbonyl (C=O) groups is 2. The number of hydroxylamine groups is 2. The van der Waals surface area contributed by atoms with Crippen LogP contribution >= 0.6 is 9.24 Å². The molecule has 0 spiro atoms. The minimum atomic E-state index is -1.29. The van der Waals surface area contributed by atoms with Gasteiger partial charge in [0.2, 0.25) is 0 Å². The first kappa shape index (κ1) is 50.3. The van der Waals surface area contributed by atoms with E-state index in [0.717, 1.165) is 38.5 Å². The summed E-state index contributed by atoms with van der Waals surface area (Å²) in [5.74, 6) is -1.25. The zero-order chi connectivity index (χ0) is 51.6. The van der Waals surface area contributed by atoms with Crippen molar-refractivity contribution in [1.82, 2.24) is 11.0 Å². The van der Waals surface area contributed by atoms with Crippen molar-refractivity contribution in [2.45, 2.75) is 24.9 Å². The van der Waals surface area contributed by atoms with Crippen molar-refractivity contribution in [3.63, 3.8) is 0 Å². The number of nitro groups is 8. The summed E-state index contributed by atoms with van der Waals surface area (Å²) in [5, 5.41) is 92.0. The van der Waals surface area contributed by atoms with Gasteiger partial charge in [0.15, 0.2) is 0 Å². The highest BCUT2D eigenvalue weighted by molar-refractivity contribution is 7.15. The number of methoxy groups -OCH3 is 2. The topological polar surface area (TPSA) is 440 Å². The molecule has 0 saturated heterocycles. The largest absolute Gasteiger partial charge is 0.469 e. The molecule has 2 aliphatic carbocycles. The second-order valence-electron chi connectivity index (χ2n) is 13.2. The van der Waals surface area contributed by atoms with Gasteiger partial charge in [0.1, 0.15) is 0 Å². The fraction of sp³-hybridized carbons (Fsp3) is 0.257. The normalized spacial score (nSPS) is 12.0. The van der Waals surface area contributed by atoms with Crippen LogP contribution in [0.5, 0.6) is 0 Å². The van der Waals surface area contributed by atoms with Gasteiger partial charge in [-0.05, 0) is 22.3 Å². The second-order valence-corrected chi connectivity index (χ2v) is 13.2. The van der Waals surface area contributed by atoms with Crippen molar-refractivity contribution in [2.75, 3.05) is 34.1 Å². The monoisotopic (exact) mass is 976 g/mol. The van der Waals surface area contributed by atoms with Gasteiger partial charge in [-0.1, -0.05) is 6.64 Å². The molecule has 0 radical (unpaired) electrons. The highest BCUT2D eigenvalue weighted by Gasteiger charge is 2.45. The Morgan fingerprint density at radius 1 is 0.485 bits per heavy atom. The maximum absolute atomic E-state index is 11.7. The first-order valence-electron chi connectivity index (χ1n) is 19.0. The fourth-order valence-corrected chi connectivity index (χ4v) is 6.88. The van der Waals surface area contributed by atoms with Crippen molar-refractivity contribution >= 4 is 66.7 Å². The number of hydrogen-bond donors (Lipinski definition) is 2. The third kappa shape index (κ3) is 10.9. The Balaban J connectivity index is 0.000000284. The number of nitrogens with zero attached hydrogens (tertiary/aromatic N) is 8. The molecule has 4 aromatic carbocycles. The molecule has 6 rings (SSSR count). The molecule has 0 fully saturated rings. The molecule has 0 saturated carbocycles. The average Bonchev–Trinajstić information content (AvgIpc) is 3.79. The van der Waals surface area contributed by atoms with Crippen LogP contribution in [0.2, 0.25) is 0 Å². The molecule has 0 amide bonds. The molecule has 33 heteroatoms. The van der Waals surface area contributed by atoms with Crippen LogP contribution in [0.4, 0.5) is 45.5 Å². The van der Waals surface area contributed by atoms with E-state index >= 15 is 0 Å². The van der Waals surface area contributed by atoms with Gasteiger partial charge < -0.3 is 19.1 Å². The number of ether oxygens (including phenoxy) is 2. The zero-order valence-corrected chi connectivity index (χ0v) is 35.6. The summed E-state index contributed by atoms with van der Waals surface area (Å²) in [4.78, 5) is 118. The van der Waals surface area contributed by atoms with E-state index in [1.807, 2.05) is 0 Å². The van der Waals surface area contributed by atoms with Crippen LogP contribution in [0.1, 0.15) is 48.5 Å². The van der Waals surface area contributed by atoms with Crippen LogP contribution in [0.3, 0.4) is 0 Å². The molecular formula is C35H31N10O22P. The number of rotatable bonds is 18. The number of benzene rings is 4. The van der Waals surface area contributed by atoms with Gasteiger partial charge in [0, 0.05) is 25.6 Å². The Labute approximate surface area is 379 Å². The Hall–Kier alpha value is -8.71. The van der Waals surface area contributed by atoms with Crippen LogP contribution < -0.4 is 11.0 Å². The summed E-state index contributed by atoms with van der Waals surface area (Å²) in [6.45, 7) is -0.107. The first-order valence-corrected chi connectivity index (χ1v) is 19.1. The number of fused-ring (bicyclic) bond motifs is 6. The number of hydrogen-bond acceptors (Lipinski definition) is 24. The lowest BCUT2D eigenvalue weighted by molar-refractivity contribution is -0.395. The maximum atomic E-state index is 11.7. The van der Waals surface area contributed by atoms with E-state index in [2.05, 4.69) is 29.7 Å². The summed E-state index contributed by atoms with van der Waals surface area (Å²) in [6, 6.07) is 3.84.